The molecule has 4 rings (SSSR count). The Morgan fingerprint density at radius 2 is 1.70 bits per heavy atom. The van der Waals surface area contributed by atoms with E-state index in [1.165, 1.54) is 0 Å². The third-order valence-corrected chi connectivity index (χ3v) is 5.19. The number of pyridine rings is 1. The van der Waals surface area contributed by atoms with Crippen molar-refractivity contribution in [2.75, 3.05) is 5.32 Å². The van der Waals surface area contributed by atoms with Gasteiger partial charge in [0.05, 0.1) is 11.4 Å². The molecule has 4 aromatic rings. The molecule has 0 saturated carbocycles. The maximum atomic E-state index is 12.9. The van der Waals surface area contributed by atoms with Gasteiger partial charge in [0.1, 0.15) is 0 Å². The van der Waals surface area contributed by atoms with E-state index in [0.29, 0.717) is 18.2 Å². The lowest BCUT2D eigenvalue weighted by molar-refractivity contribution is 0.102. The fourth-order valence-electron chi connectivity index (χ4n) is 3.59. The Hall–Kier alpha value is -3.77. The average Bonchev–Trinajstić information content (AvgIpc) is 3.25. The molecular formula is C27H29N5O. The standard InChI is InChI=1S/C27H29N5O/c1-20(2)19-32-26(22-8-4-3-5-9-22)16-25(31-32)27(33)30-23-13-11-21(12-14-23)17-28-18-24-10-6-7-15-29-24/h3-16,20,28H,17-19H2,1-2H3,(H,30,33). The van der Waals surface area contributed by atoms with Crippen LogP contribution in [0.25, 0.3) is 11.3 Å². The van der Waals surface area contributed by atoms with Crippen LogP contribution in [0.4, 0.5) is 5.69 Å². The largest absolute Gasteiger partial charge is 0.321 e. The Bertz CT molecular complexity index is 1170. The molecule has 0 aliphatic heterocycles. The number of carbonyl (C=O) groups is 1. The normalized spacial score (nSPS) is 11.0. The van der Waals surface area contributed by atoms with Crippen LogP contribution in [-0.4, -0.2) is 20.7 Å². The van der Waals surface area contributed by atoms with Crippen molar-refractivity contribution < 1.29 is 4.79 Å². The Morgan fingerprint density at radius 3 is 2.39 bits per heavy atom. The zero-order valence-electron chi connectivity index (χ0n) is 19.0. The minimum atomic E-state index is -0.212. The van der Waals surface area contributed by atoms with Crippen molar-refractivity contribution in [1.29, 1.82) is 0 Å². The van der Waals surface area contributed by atoms with Crippen LogP contribution in [0.5, 0.6) is 0 Å². The lowest BCUT2D eigenvalue weighted by Gasteiger charge is -2.09. The first-order valence-corrected chi connectivity index (χ1v) is 11.2. The van der Waals surface area contributed by atoms with Crippen LogP contribution in [0, 0.1) is 5.92 Å². The monoisotopic (exact) mass is 439 g/mol. The average molecular weight is 440 g/mol. The molecule has 0 fully saturated rings. The number of amides is 1. The summed E-state index contributed by atoms with van der Waals surface area (Å²) >= 11 is 0. The summed E-state index contributed by atoms with van der Waals surface area (Å²) in [6.45, 7) is 6.47. The number of nitrogens with one attached hydrogen (secondary N) is 2. The maximum absolute atomic E-state index is 12.9. The van der Waals surface area contributed by atoms with Crippen LogP contribution in [0.1, 0.15) is 35.6 Å². The van der Waals surface area contributed by atoms with Gasteiger partial charge < -0.3 is 10.6 Å². The predicted octanol–water partition coefficient (Wildman–Crippen LogP) is 5.14. The molecule has 0 spiro atoms. The van der Waals surface area contributed by atoms with E-state index in [9.17, 15) is 4.79 Å². The molecule has 0 bridgehead atoms. The number of aromatic nitrogens is 3. The van der Waals surface area contributed by atoms with E-state index in [1.807, 2.05) is 83.5 Å². The van der Waals surface area contributed by atoms with E-state index in [2.05, 4.69) is 34.6 Å². The van der Waals surface area contributed by atoms with Crippen molar-refractivity contribution in [3.63, 3.8) is 0 Å². The molecule has 0 radical (unpaired) electrons. The van der Waals surface area contributed by atoms with Gasteiger partial charge in [0.15, 0.2) is 5.69 Å². The van der Waals surface area contributed by atoms with Crippen LogP contribution >= 0.6 is 0 Å². The zero-order valence-corrected chi connectivity index (χ0v) is 19.0. The van der Waals surface area contributed by atoms with Gasteiger partial charge in [0.25, 0.3) is 5.91 Å². The molecule has 33 heavy (non-hydrogen) atoms. The SMILES string of the molecule is CC(C)Cn1nc(C(=O)Nc2ccc(CNCc3ccccn3)cc2)cc1-c1ccccc1. The van der Waals surface area contributed by atoms with Gasteiger partial charge in [-0.1, -0.05) is 62.4 Å². The van der Waals surface area contributed by atoms with Crippen molar-refractivity contribution in [3.05, 3.63) is 102 Å². The zero-order chi connectivity index (χ0) is 23.0. The quantitative estimate of drug-likeness (QED) is 0.379. The molecule has 0 atom stereocenters. The Balaban J connectivity index is 1.40. The number of hydrogen-bond donors (Lipinski definition) is 2. The maximum Gasteiger partial charge on any atom is 0.276 e. The van der Waals surface area contributed by atoms with E-state index in [1.54, 1.807) is 6.20 Å². The summed E-state index contributed by atoms with van der Waals surface area (Å²) in [6, 6.07) is 25.6. The van der Waals surface area contributed by atoms with E-state index < -0.39 is 0 Å². The van der Waals surface area contributed by atoms with Crippen molar-refractivity contribution in [2.24, 2.45) is 5.92 Å². The summed E-state index contributed by atoms with van der Waals surface area (Å²) in [7, 11) is 0. The molecular weight excluding hydrogens is 410 g/mol. The number of rotatable bonds is 9. The highest BCUT2D eigenvalue weighted by molar-refractivity contribution is 6.03. The third-order valence-electron chi connectivity index (χ3n) is 5.19. The van der Waals surface area contributed by atoms with Crippen molar-refractivity contribution in [2.45, 2.75) is 33.5 Å². The molecule has 2 N–H and O–H groups in total. The molecule has 2 aromatic heterocycles. The molecule has 6 heteroatoms. The third kappa shape index (κ3) is 6.14. The number of carbonyl (C=O) groups excluding carboxylic acids is 1. The summed E-state index contributed by atoms with van der Waals surface area (Å²) in [5, 5.41) is 10.9. The van der Waals surface area contributed by atoms with E-state index in [4.69, 9.17) is 0 Å². The van der Waals surface area contributed by atoms with Gasteiger partial charge in [-0.25, -0.2) is 0 Å². The molecule has 168 valence electrons. The summed E-state index contributed by atoms with van der Waals surface area (Å²) < 4.78 is 1.92. The van der Waals surface area contributed by atoms with E-state index in [0.717, 1.165) is 41.3 Å². The van der Waals surface area contributed by atoms with Gasteiger partial charge in [0.2, 0.25) is 0 Å². The second-order valence-electron chi connectivity index (χ2n) is 8.43. The highest BCUT2D eigenvalue weighted by Crippen LogP contribution is 2.22. The minimum Gasteiger partial charge on any atom is -0.321 e. The first-order valence-electron chi connectivity index (χ1n) is 11.2. The number of benzene rings is 2. The van der Waals surface area contributed by atoms with Gasteiger partial charge >= 0.3 is 0 Å². The smallest absolute Gasteiger partial charge is 0.276 e. The van der Waals surface area contributed by atoms with Gasteiger partial charge in [-0.15, -0.1) is 0 Å². The molecule has 0 unspecified atom stereocenters. The van der Waals surface area contributed by atoms with Gasteiger partial charge in [0, 0.05) is 31.5 Å². The molecule has 2 aromatic carbocycles. The first kappa shape index (κ1) is 22.4. The highest BCUT2D eigenvalue weighted by atomic mass is 16.1. The van der Waals surface area contributed by atoms with Crippen molar-refractivity contribution >= 4 is 11.6 Å². The molecule has 0 saturated heterocycles. The summed E-state index contributed by atoms with van der Waals surface area (Å²) in [4.78, 5) is 17.2. The molecule has 1 amide bonds. The van der Waals surface area contributed by atoms with Crippen LogP contribution in [0.2, 0.25) is 0 Å². The predicted molar refractivity (Wildman–Crippen MR) is 132 cm³/mol. The summed E-state index contributed by atoms with van der Waals surface area (Å²) in [6.07, 6.45) is 1.79. The minimum absolute atomic E-state index is 0.212. The second-order valence-corrected chi connectivity index (χ2v) is 8.43. The Morgan fingerprint density at radius 1 is 0.939 bits per heavy atom. The molecule has 6 nitrogen and oxygen atoms in total. The van der Waals surface area contributed by atoms with Gasteiger partial charge in [-0.05, 0) is 47.4 Å². The van der Waals surface area contributed by atoms with E-state index >= 15 is 0 Å². The number of hydrogen-bond acceptors (Lipinski definition) is 4. The topological polar surface area (TPSA) is 71.8 Å². The lowest BCUT2D eigenvalue weighted by atomic mass is 10.1. The first-order chi connectivity index (χ1) is 16.1. The number of nitrogens with zero attached hydrogens (tertiary/aromatic N) is 3. The fraction of sp³-hybridized carbons (Fsp3) is 0.222. The molecule has 0 aliphatic rings. The summed E-state index contributed by atoms with van der Waals surface area (Å²) in [5.41, 5.74) is 5.30. The van der Waals surface area contributed by atoms with Gasteiger partial charge in [-0.3, -0.25) is 14.5 Å². The van der Waals surface area contributed by atoms with E-state index in [-0.39, 0.29) is 5.91 Å². The van der Waals surface area contributed by atoms with Crippen LogP contribution in [0.3, 0.4) is 0 Å². The van der Waals surface area contributed by atoms with Gasteiger partial charge in [-0.2, -0.15) is 5.10 Å². The second kappa shape index (κ2) is 10.7. The fourth-order valence-corrected chi connectivity index (χ4v) is 3.59. The van der Waals surface area contributed by atoms with Crippen molar-refractivity contribution in [3.8, 4) is 11.3 Å². The Labute approximate surface area is 194 Å². The molecule has 2 heterocycles. The highest BCUT2D eigenvalue weighted by Gasteiger charge is 2.16. The van der Waals surface area contributed by atoms with Crippen LogP contribution in [0.15, 0.2) is 85.1 Å². The summed E-state index contributed by atoms with van der Waals surface area (Å²) in [5.74, 6) is 0.206. The number of anilines is 1. The lowest BCUT2D eigenvalue weighted by Crippen LogP contribution is -2.15. The van der Waals surface area contributed by atoms with Crippen molar-refractivity contribution in [1.82, 2.24) is 20.1 Å². The Kier molecular flexibility index (Phi) is 7.27. The van der Waals surface area contributed by atoms with Crippen LogP contribution in [-0.2, 0) is 19.6 Å². The molecule has 0 aliphatic carbocycles. The van der Waals surface area contributed by atoms with Crippen LogP contribution < -0.4 is 10.6 Å².